The molecule has 1 atom stereocenters. The quantitative estimate of drug-likeness (QED) is 0.442. The standard InChI is InChI=1S/C29H27N3O6S/c1-4-6-13-31-19-10-8-7-9-18(19)23(26(31)33)25-27(34)32-24(17-11-12-20-21(14-17)38-15-37-20)22(28(35)36-5-2)16(3)30-29(32)39-25/h7-12,14,24H,4-6,13,15H2,1-3H3/b25-23+/t24-/m1/s1. The molecule has 2 aromatic carbocycles. The van der Waals surface area contributed by atoms with Crippen LogP contribution in [-0.4, -0.2) is 36.4 Å². The maximum Gasteiger partial charge on any atom is 0.338 e. The fraction of sp³-hybridized carbons (Fsp3) is 0.310. The van der Waals surface area contributed by atoms with Gasteiger partial charge in [-0.15, -0.1) is 0 Å². The zero-order valence-electron chi connectivity index (χ0n) is 21.9. The van der Waals surface area contributed by atoms with Crippen LogP contribution in [0.2, 0.25) is 0 Å². The highest BCUT2D eigenvalue weighted by Gasteiger charge is 2.37. The molecule has 0 bridgehead atoms. The van der Waals surface area contributed by atoms with Crippen molar-refractivity contribution in [3.8, 4) is 11.5 Å². The Kier molecular flexibility index (Phi) is 6.34. The number of aromatic nitrogens is 1. The fourth-order valence-electron chi connectivity index (χ4n) is 5.28. The van der Waals surface area contributed by atoms with Crippen LogP contribution in [0.15, 0.2) is 63.5 Å². The lowest BCUT2D eigenvalue weighted by molar-refractivity contribution is -0.139. The lowest BCUT2D eigenvalue weighted by Crippen LogP contribution is -2.41. The van der Waals surface area contributed by atoms with E-state index in [0.717, 1.165) is 35.4 Å². The minimum Gasteiger partial charge on any atom is -0.463 e. The molecule has 1 amide bonds. The third-order valence-electron chi connectivity index (χ3n) is 7.09. The summed E-state index contributed by atoms with van der Waals surface area (Å²) < 4.78 is 18.2. The molecule has 0 N–H and O–H groups in total. The maximum absolute atomic E-state index is 14.2. The van der Waals surface area contributed by atoms with Crippen LogP contribution in [-0.2, 0) is 14.3 Å². The van der Waals surface area contributed by atoms with Crippen LogP contribution in [0.25, 0.3) is 5.57 Å². The summed E-state index contributed by atoms with van der Waals surface area (Å²) in [7, 11) is 0. The highest BCUT2D eigenvalue weighted by molar-refractivity contribution is 7.07. The van der Waals surface area contributed by atoms with E-state index in [1.54, 1.807) is 36.9 Å². The largest absolute Gasteiger partial charge is 0.463 e. The second-order valence-electron chi connectivity index (χ2n) is 9.44. The Hall–Kier alpha value is -4.18. The van der Waals surface area contributed by atoms with Crippen LogP contribution in [0, 0.1) is 0 Å². The summed E-state index contributed by atoms with van der Waals surface area (Å²) in [4.78, 5) is 48.0. The topological polar surface area (TPSA) is 99.4 Å². The molecular formula is C29H27N3O6S. The van der Waals surface area contributed by atoms with E-state index in [1.165, 1.54) is 4.57 Å². The first-order valence-corrected chi connectivity index (χ1v) is 13.8. The Morgan fingerprint density at radius 1 is 1.13 bits per heavy atom. The number of carbonyl (C=O) groups is 2. The molecule has 3 aliphatic rings. The van der Waals surface area contributed by atoms with Crippen molar-refractivity contribution in [2.75, 3.05) is 24.8 Å². The van der Waals surface area contributed by atoms with Crippen molar-refractivity contribution in [3.05, 3.63) is 84.5 Å². The Labute approximate surface area is 228 Å². The molecule has 0 spiro atoms. The maximum atomic E-state index is 14.2. The lowest BCUT2D eigenvalue weighted by Gasteiger charge is -2.24. The summed E-state index contributed by atoms with van der Waals surface area (Å²) in [6.07, 6.45) is 1.79. The number of rotatable bonds is 6. The van der Waals surface area contributed by atoms with Gasteiger partial charge in [-0.05, 0) is 44.0 Å². The van der Waals surface area contributed by atoms with Crippen LogP contribution < -0.4 is 29.3 Å². The number of ether oxygens (including phenoxy) is 3. The van der Waals surface area contributed by atoms with Crippen LogP contribution in [0.5, 0.6) is 11.5 Å². The summed E-state index contributed by atoms with van der Waals surface area (Å²) in [5.41, 5.74) is 2.88. The van der Waals surface area contributed by atoms with E-state index in [2.05, 4.69) is 11.9 Å². The number of hydrogen-bond donors (Lipinski definition) is 0. The van der Waals surface area contributed by atoms with E-state index in [1.807, 2.05) is 24.3 Å². The summed E-state index contributed by atoms with van der Waals surface area (Å²) >= 11 is 1.16. The summed E-state index contributed by atoms with van der Waals surface area (Å²) in [5, 5.41) is 0. The van der Waals surface area contributed by atoms with Crippen molar-refractivity contribution in [1.82, 2.24) is 4.57 Å². The Balaban J connectivity index is 1.60. The van der Waals surface area contributed by atoms with Crippen LogP contribution in [0.3, 0.4) is 0 Å². The molecule has 0 saturated heterocycles. The molecule has 200 valence electrons. The Bertz CT molecular complexity index is 1730. The van der Waals surface area contributed by atoms with Crippen molar-refractivity contribution in [3.63, 3.8) is 0 Å². The first kappa shape index (κ1) is 25.1. The zero-order valence-corrected chi connectivity index (χ0v) is 22.7. The molecule has 3 aliphatic heterocycles. The number of unbranched alkanes of at least 4 members (excludes halogenated alkanes) is 1. The monoisotopic (exact) mass is 545 g/mol. The highest BCUT2D eigenvalue weighted by Crippen LogP contribution is 2.39. The average Bonchev–Trinajstić information content (AvgIpc) is 3.60. The SMILES string of the molecule is CCCCN1C(=O)/C(=c2/sc3n(c2=O)[C@H](c2ccc4c(c2)OCO4)C(C(=O)OCC)=C(C)N=3)c2ccccc21. The summed E-state index contributed by atoms with van der Waals surface area (Å²) in [6.45, 7) is 6.38. The molecule has 39 heavy (non-hydrogen) atoms. The van der Waals surface area contributed by atoms with Crippen molar-refractivity contribution in [2.24, 2.45) is 4.99 Å². The minimum absolute atomic E-state index is 0.0978. The molecule has 3 aromatic rings. The normalized spacial score (nSPS) is 18.7. The molecule has 4 heterocycles. The van der Waals surface area contributed by atoms with Crippen molar-refractivity contribution < 1.29 is 23.8 Å². The van der Waals surface area contributed by atoms with Crippen LogP contribution in [0.1, 0.15) is 50.8 Å². The van der Waals surface area contributed by atoms with Gasteiger partial charge in [0.05, 0.1) is 35.2 Å². The van der Waals surface area contributed by atoms with Gasteiger partial charge in [-0.25, -0.2) is 9.79 Å². The average molecular weight is 546 g/mol. The third kappa shape index (κ3) is 3.97. The molecular weight excluding hydrogens is 518 g/mol. The number of amides is 1. The van der Waals surface area contributed by atoms with E-state index in [0.29, 0.717) is 44.2 Å². The van der Waals surface area contributed by atoms with Gasteiger partial charge >= 0.3 is 5.97 Å². The number of anilines is 1. The molecule has 0 aliphatic carbocycles. The van der Waals surface area contributed by atoms with E-state index in [9.17, 15) is 14.4 Å². The Morgan fingerprint density at radius 2 is 1.92 bits per heavy atom. The molecule has 6 rings (SSSR count). The van der Waals surface area contributed by atoms with Gasteiger partial charge in [0.15, 0.2) is 16.3 Å². The van der Waals surface area contributed by atoms with E-state index < -0.39 is 12.0 Å². The van der Waals surface area contributed by atoms with Gasteiger partial charge in [0, 0.05) is 12.1 Å². The van der Waals surface area contributed by atoms with Crippen molar-refractivity contribution in [1.29, 1.82) is 0 Å². The Morgan fingerprint density at radius 3 is 2.72 bits per heavy atom. The predicted octanol–water partition coefficient (Wildman–Crippen LogP) is 3.04. The van der Waals surface area contributed by atoms with Gasteiger partial charge in [-0.1, -0.05) is 48.9 Å². The van der Waals surface area contributed by atoms with Crippen LogP contribution >= 0.6 is 11.3 Å². The van der Waals surface area contributed by atoms with E-state index in [4.69, 9.17) is 14.2 Å². The zero-order chi connectivity index (χ0) is 27.3. The number of nitrogens with zero attached hydrogens (tertiary/aromatic N) is 3. The number of hydrogen-bond acceptors (Lipinski definition) is 8. The van der Waals surface area contributed by atoms with Crippen LogP contribution in [0.4, 0.5) is 5.69 Å². The summed E-state index contributed by atoms with van der Waals surface area (Å²) in [6, 6.07) is 12.1. The second-order valence-corrected chi connectivity index (χ2v) is 10.4. The number of benzene rings is 2. The number of allylic oxidation sites excluding steroid dienone is 1. The molecule has 1 aromatic heterocycles. The lowest BCUT2D eigenvalue weighted by atomic mass is 9.95. The molecule has 0 unspecified atom stereocenters. The molecule has 9 nitrogen and oxygen atoms in total. The molecule has 0 saturated carbocycles. The fourth-order valence-corrected chi connectivity index (χ4v) is 6.41. The minimum atomic E-state index is -0.813. The van der Waals surface area contributed by atoms with Gasteiger partial charge in [-0.2, -0.15) is 0 Å². The third-order valence-corrected chi connectivity index (χ3v) is 8.14. The van der Waals surface area contributed by atoms with Crippen molar-refractivity contribution in [2.45, 2.75) is 39.7 Å². The second kappa shape index (κ2) is 9.85. The first-order chi connectivity index (χ1) is 18.9. The van der Waals surface area contributed by atoms with E-state index >= 15 is 0 Å². The number of esters is 1. The number of thiazole rings is 1. The molecule has 0 radical (unpaired) electrons. The van der Waals surface area contributed by atoms with Gasteiger partial charge in [0.2, 0.25) is 6.79 Å². The van der Waals surface area contributed by atoms with Gasteiger partial charge < -0.3 is 19.1 Å². The number of carbonyl (C=O) groups excluding carboxylic acids is 2. The molecule has 10 heteroatoms. The first-order valence-electron chi connectivity index (χ1n) is 13.0. The summed E-state index contributed by atoms with van der Waals surface area (Å²) in [5.74, 6) is 0.372. The van der Waals surface area contributed by atoms with Crippen molar-refractivity contribution >= 4 is 34.5 Å². The number of fused-ring (bicyclic) bond motifs is 3. The number of para-hydroxylation sites is 1. The van der Waals surface area contributed by atoms with Gasteiger partial charge in [-0.3, -0.25) is 14.2 Å². The van der Waals surface area contributed by atoms with Gasteiger partial charge in [0.1, 0.15) is 4.53 Å². The smallest absolute Gasteiger partial charge is 0.338 e. The predicted molar refractivity (Wildman–Crippen MR) is 146 cm³/mol. The highest BCUT2D eigenvalue weighted by atomic mass is 32.1. The van der Waals surface area contributed by atoms with E-state index in [-0.39, 0.29) is 30.4 Å². The van der Waals surface area contributed by atoms with Gasteiger partial charge in [0.25, 0.3) is 11.5 Å². The molecule has 0 fully saturated rings.